The van der Waals surface area contributed by atoms with E-state index in [-0.39, 0.29) is 0 Å². The van der Waals surface area contributed by atoms with Crippen molar-refractivity contribution in [1.82, 2.24) is 0 Å². The normalized spacial score (nSPS) is 8.73. The highest BCUT2D eigenvalue weighted by atomic mass is 14.4. The maximum absolute atomic E-state index is 8.62. The summed E-state index contributed by atoms with van der Waals surface area (Å²) in [6.45, 7) is 1.68. The molecule has 0 aromatic heterocycles. The monoisotopic (exact) mass is 144 g/mol. The summed E-state index contributed by atoms with van der Waals surface area (Å²) in [6.07, 6.45) is 0. The second kappa shape index (κ2) is 2.98. The SMILES string of the molecule is CC(=N)c1ccccc1C#N. The van der Waals surface area contributed by atoms with Gasteiger partial charge < -0.3 is 5.41 Å². The summed E-state index contributed by atoms with van der Waals surface area (Å²) in [6, 6.07) is 9.15. The highest BCUT2D eigenvalue weighted by Crippen LogP contribution is 2.06. The lowest BCUT2D eigenvalue weighted by molar-refractivity contribution is 1.42. The van der Waals surface area contributed by atoms with Gasteiger partial charge in [-0.15, -0.1) is 0 Å². The third-order valence-electron chi connectivity index (χ3n) is 1.45. The van der Waals surface area contributed by atoms with E-state index in [2.05, 4.69) is 0 Å². The Morgan fingerprint density at radius 3 is 2.55 bits per heavy atom. The van der Waals surface area contributed by atoms with Crippen LogP contribution < -0.4 is 0 Å². The fraction of sp³-hybridized carbons (Fsp3) is 0.111. The molecule has 2 heteroatoms. The van der Waals surface area contributed by atoms with E-state index in [1.165, 1.54) is 0 Å². The maximum Gasteiger partial charge on any atom is 0.0998 e. The van der Waals surface area contributed by atoms with Crippen LogP contribution in [-0.4, -0.2) is 5.71 Å². The summed E-state index contributed by atoms with van der Waals surface area (Å²) in [5.74, 6) is 0. The molecule has 0 aliphatic heterocycles. The molecule has 0 atom stereocenters. The Morgan fingerprint density at radius 1 is 1.45 bits per heavy atom. The fourth-order valence-electron chi connectivity index (χ4n) is 0.908. The van der Waals surface area contributed by atoms with Crippen LogP contribution in [0.4, 0.5) is 0 Å². The Kier molecular flexibility index (Phi) is 2.03. The summed E-state index contributed by atoms with van der Waals surface area (Å²) in [7, 11) is 0. The van der Waals surface area contributed by atoms with E-state index >= 15 is 0 Å². The number of nitrogens with zero attached hydrogens (tertiary/aromatic N) is 1. The van der Waals surface area contributed by atoms with Crippen molar-refractivity contribution in [3.8, 4) is 6.07 Å². The third kappa shape index (κ3) is 1.44. The van der Waals surface area contributed by atoms with Crippen LogP contribution in [0.1, 0.15) is 18.1 Å². The molecule has 11 heavy (non-hydrogen) atoms. The highest BCUT2D eigenvalue weighted by Gasteiger charge is 2.00. The van der Waals surface area contributed by atoms with Gasteiger partial charge in [-0.3, -0.25) is 0 Å². The van der Waals surface area contributed by atoms with E-state index in [1.54, 1.807) is 25.1 Å². The first kappa shape index (κ1) is 7.49. The van der Waals surface area contributed by atoms with Gasteiger partial charge in [-0.1, -0.05) is 18.2 Å². The number of hydrogen-bond acceptors (Lipinski definition) is 2. The Labute approximate surface area is 65.6 Å². The zero-order valence-corrected chi connectivity index (χ0v) is 6.26. The first-order valence-corrected chi connectivity index (χ1v) is 3.30. The fourth-order valence-corrected chi connectivity index (χ4v) is 0.908. The molecule has 2 nitrogen and oxygen atoms in total. The Bertz CT molecular complexity index is 321. The number of nitrogens with one attached hydrogen (secondary N) is 1. The number of benzene rings is 1. The van der Waals surface area contributed by atoms with Crippen molar-refractivity contribution < 1.29 is 0 Å². The molecule has 0 saturated carbocycles. The van der Waals surface area contributed by atoms with Gasteiger partial charge in [0.25, 0.3) is 0 Å². The van der Waals surface area contributed by atoms with Gasteiger partial charge in [0.2, 0.25) is 0 Å². The summed E-state index contributed by atoms with van der Waals surface area (Å²) in [5, 5.41) is 15.9. The van der Waals surface area contributed by atoms with Gasteiger partial charge in [0.1, 0.15) is 0 Å². The third-order valence-corrected chi connectivity index (χ3v) is 1.45. The molecule has 0 spiro atoms. The Balaban J connectivity index is 3.26. The van der Waals surface area contributed by atoms with Gasteiger partial charge in [0.15, 0.2) is 0 Å². The molecule has 0 heterocycles. The molecule has 0 saturated heterocycles. The van der Waals surface area contributed by atoms with Gasteiger partial charge in [-0.2, -0.15) is 5.26 Å². The van der Waals surface area contributed by atoms with Crippen molar-refractivity contribution in [2.75, 3.05) is 0 Å². The molecule has 1 aromatic carbocycles. The summed E-state index contributed by atoms with van der Waals surface area (Å²) in [4.78, 5) is 0. The molecule has 0 fully saturated rings. The molecule has 1 aromatic rings. The van der Waals surface area contributed by atoms with Gasteiger partial charge in [0, 0.05) is 11.3 Å². The van der Waals surface area contributed by atoms with Crippen molar-refractivity contribution in [3.63, 3.8) is 0 Å². The molecular formula is C9H8N2. The molecule has 0 aliphatic rings. The minimum Gasteiger partial charge on any atom is -0.305 e. The van der Waals surface area contributed by atoms with E-state index in [0.717, 1.165) is 5.56 Å². The molecule has 0 bridgehead atoms. The average molecular weight is 144 g/mol. The van der Waals surface area contributed by atoms with Crippen molar-refractivity contribution in [3.05, 3.63) is 35.4 Å². The molecule has 0 radical (unpaired) electrons. The van der Waals surface area contributed by atoms with E-state index in [9.17, 15) is 0 Å². The molecule has 0 unspecified atom stereocenters. The summed E-state index contributed by atoms with van der Waals surface area (Å²) >= 11 is 0. The predicted molar refractivity (Wildman–Crippen MR) is 43.7 cm³/mol. The minimum absolute atomic E-state index is 0.433. The standard InChI is InChI=1S/C9H8N2/c1-7(11)9-5-3-2-4-8(9)6-10/h2-5,11H,1H3. The van der Waals surface area contributed by atoms with E-state index in [1.807, 2.05) is 12.1 Å². The lowest BCUT2D eigenvalue weighted by Crippen LogP contribution is -1.95. The van der Waals surface area contributed by atoms with Gasteiger partial charge in [-0.05, 0) is 13.0 Å². The zero-order valence-electron chi connectivity index (χ0n) is 6.26. The maximum atomic E-state index is 8.62. The number of rotatable bonds is 1. The summed E-state index contributed by atoms with van der Waals surface area (Å²) < 4.78 is 0. The first-order valence-electron chi connectivity index (χ1n) is 3.30. The lowest BCUT2D eigenvalue weighted by Gasteiger charge is -1.98. The van der Waals surface area contributed by atoms with Gasteiger partial charge >= 0.3 is 0 Å². The average Bonchev–Trinajstić information content (AvgIpc) is 2.04. The molecule has 1 N–H and O–H groups in total. The van der Waals surface area contributed by atoms with Crippen LogP contribution in [-0.2, 0) is 0 Å². The van der Waals surface area contributed by atoms with Crippen LogP contribution >= 0.6 is 0 Å². The van der Waals surface area contributed by atoms with Crippen LogP contribution in [0.5, 0.6) is 0 Å². The van der Waals surface area contributed by atoms with Crippen molar-refractivity contribution in [2.24, 2.45) is 0 Å². The van der Waals surface area contributed by atoms with E-state index in [0.29, 0.717) is 11.3 Å². The van der Waals surface area contributed by atoms with Crippen LogP contribution in [0.2, 0.25) is 0 Å². The molecule has 0 amide bonds. The Morgan fingerprint density at radius 2 is 2.09 bits per heavy atom. The predicted octanol–water partition coefficient (Wildman–Crippen LogP) is 1.95. The molecule has 54 valence electrons. The van der Waals surface area contributed by atoms with Crippen LogP contribution in [0.25, 0.3) is 0 Å². The summed E-state index contributed by atoms with van der Waals surface area (Å²) in [5.41, 5.74) is 1.72. The van der Waals surface area contributed by atoms with Gasteiger partial charge in [-0.25, -0.2) is 0 Å². The van der Waals surface area contributed by atoms with Crippen molar-refractivity contribution >= 4 is 5.71 Å². The van der Waals surface area contributed by atoms with Crippen LogP contribution in [0.15, 0.2) is 24.3 Å². The second-order valence-electron chi connectivity index (χ2n) is 2.28. The first-order chi connectivity index (χ1) is 5.25. The minimum atomic E-state index is 0.433. The molecule has 0 aliphatic carbocycles. The quantitative estimate of drug-likeness (QED) is 0.601. The van der Waals surface area contributed by atoms with Gasteiger partial charge in [0.05, 0.1) is 11.6 Å². The largest absolute Gasteiger partial charge is 0.305 e. The zero-order chi connectivity index (χ0) is 8.27. The number of hydrogen-bond donors (Lipinski definition) is 1. The molecule has 1 rings (SSSR count). The second-order valence-corrected chi connectivity index (χ2v) is 2.28. The number of nitriles is 1. The van der Waals surface area contributed by atoms with Crippen LogP contribution in [0, 0.1) is 16.7 Å². The Hall–Kier alpha value is -1.62. The highest BCUT2D eigenvalue weighted by molar-refractivity contribution is 5.98. The topological polar surface area (TPSA) is 47.6 Å². The smallest absolute Gasteiger partial charge is 0.0998 e. The van der Waals surface area contributed by atoms with E-state index < -0.39 is 0 Å². The van der Waals surface area contributed by atoms with E-state index in [4.69, 9.17) is 10.7 Å². The van der Waals surface area contributed by atoms with Crippen molar-refractivity contribution in [1.29, 1.82) is 10.7 Å². The lowest BCUT2D eigenvalue weighted by atomic mass is 10.1. The molecular weight excluding hydrogens is 136 g/mol. The van der Waals surface area contributed by atoms with Crippen molar-refractivity contribution in [2.45, 2.75) is 6.92 Å². The van der Waals surface area contributed by atoms with Crippen LogP contribution in [0.3, 0.4) is 0 Å².